The molecule has 2 unspecified atom stereocenters. The minimum atomic E-state index is 0.356. The van der Waals surface area contributed by atoms with Gasteiger partial charge in [0, 0.05) is 32.8 Å². The quantitative estimate of drug-likeness (QED) is 0.558. The second kappa shape index (κ2) is 10.1. The third-order valence-corrected chi connectivity index (χ3v) is 4.80. The van der Waals surface area contributed by atoms with E-state index in [0.29, 0.717) is 12.1 Å². The number of hydrogen-bond donors (Lipinski definition) is 2. The molecule has 2 aliphatic heterocycles. The van der Waals surface area contributed by atoms with Gasteiger partial charge in [0.1, 0.15) is 0 Å². The van der Waals surface area contributed by atoms with Crippen LogP contribution in [0, 0.1) is 0 Å². The summed E-state index contributed by atoms with van der Waals surface area (Å²) in [6.45, 7) is 7.54. The minimum Gasteiger partial charge on any atom is -0.376 e. The number of piperidine rings is 1. The standard InChI is InChI=1S/C17H34N4O/c1-3-4-10-21-11-6-5-8-15(21)13-19-17(18-2)20-14-16-9-7-12-22-16/h15-16H,3-14H2,1-2H3,(H2,18,19,20). The molecule has 0 amide bonds. The number of likely N-dealkylation sites (tertiary alicyclic amines) is 1. The van der Waals surface area contributed by atoms with Gasteiger partial charge in [-0.05, 0) is 45.2 Å². The van der Waals surface area contributed by atoms with Crippen molar-refractivity contribution in [1.82, 2.24) is 15.5 Å². The first kappa shape index (κ1) is 17.5. The predicted molar refractivity (Wildman–Crippen MR) is 92.5 cm³/mol. The molecule has 0 bridgehead atoms. The van der Waals surface area contributed by atoms with E-state index in [1.54, 1.807) is 0 Å². The molecule has 0 saturated carbocycles. The Morgan fingerprint density at radius 1 is 1.18 bits per heavy atom. The molecule has 2 saturated heterocycles. The molecule has 128 valence electrons. The summed E-state index contributed by atoms with van der Waals surface area (Å²) in [5, 5.41) is 6.92. The van der Waals surface area contributed by atoms with Gasteiger partial charge < -0.3 is 15.4 Å². The van der Waals surface area contributed by atoms with Crippen LogP contribution in [0.3, 0.4) is 0 Å². The van der Waals surface area contributed by atoms with E-state index >= 15 is 0 Å². The molecule has 22 heavy (non-hydrogen) atoms. The van der Waals surface area contributed by atoms with Crippen LogP contribution in [0.5, 0.6) is 0 Å². The highest BCUT2D eigenvalue weighted by atomic mass is 16.5. The molecule has 5 heteroatoms. The number of unbranched alkanes of at least 4 members (excludes halogenated alkanes) is 1. The Bertz CT molecular complexity index is 329. The van der Waals surface area contributed by atoms with E-state index in [2.05, 4.69) is 27.4 Å². The Labute approximate surface area is 135 Å². The van der Waals surface area contributed by atoms with Crippen LogP contribution in [0.15, 0.2) is 4.99 Å². The van der Waals surface area contributed by atoms with Gasteiger partial charge in [-0.1, -0.05) is 19.8 Å². The van der Waals surface area contributed by atoms with Crippen molar-refractivity contribution in [3.63, 3.8) is 0 Å². The molecule has 5 nitrogen and oxygen atoms in total. The molecule has 0 aromatic heterocycles. The maximum absolute atomic E-state index is 5.65. The average Bonchev–Trinajstić information content (AvgIpc) is 3.07. The molecule has 0 aromatic rings. The number of guanidine groups is 1. The summed E-state index contributed by atoms with van der Waals surface area (Å²) in [6, 6.07) is 0.654. The van der Waals surface area contributed by atoms with Crippen molar-refractivity contribution in [1.29, 1.82) is 0 Å². The minimum absolute atomic E-state index is 0.356. The number of hydrogen-bond acceptors (Lipinski definition) is 3. The first-order valence-corrected chi connectivity index (χ1v) is 9.13. The van der Waals surface area contributed by atoms with Crippen molar-refractivity contribution < 1.29 is 4.74 Å². The number of nitrogens with one attached hydrogen (secondary N) is 2. The van der Waals surface area contributed by atoms with E-state index in [9.17, 15) is 0 Å². The maximum Gasteiger partial charge on any atom is 0.191 e. The van der Waals surface area contributed by atoms with Crippen LogP contribution in [0.4, 0.5) is 0 Å². The van der Waals surface area contributed by atoms with Crippen LogP contribution in [0.2, 0.25) is 0 Å². The summed E-state index contributed by atoms with van der Waals surface area (Å²) in [6.07, 6.45) is 9.31. The summed E-state index contributed by atoms with van der Waals surface area (Å²) in [4.78, 5) is 7.00. The van der Waals surface area contributed by atoms with Gasteiger partial charge in [0.05, 0.1) is 6.10 Å². The second-order valence-corrected chi connectivity index (χ2v) is 6.51. The van der Waals surface area contributed by atoms with Crippen LogP contribution in [-0.2, 0) is 4.74 Å². The summed E-state index contributed by atoms with van der Waals surface area (Å²) in [7, 11) is 1.85. The molecular formula is C17H34N4O. The zero-order chi connectivity index (χ0) is 15.6. The highest BCUT2D eigenvalue weighted by Crippen LogP contribution is 2.17. The SMILES string of the molecule is CCCCN1CCCCC1CNC(=NC)NCC1CCCO1. The van der Waals surface area contributed by atoms with Crippen LogP contribution < -0.4 is 10.6 Å². The highest BCUT2D eigenvalue weighted by molar-refractivity contribution is 5.79. The number of nitrogens with zero attached hydrogens (tertiary/aromatic N) is 2. The van der Waals surface area contributed by atoms with Gasteiger partial charge >= 0.3 is 0 Å². The molecule has 2 aliphatic rings. The third kappa shape index (κ3) is 5.76. The molecule has 0 aliphatic carbocycles. The van der Waals surface area contributed by atoms with Crippen LogP contribution in [0.25, 0.3) is 0 Å². The Hall–Kier alpha value is -0.810. The lowest BCUT2D eigenvalue weighted by atomic mass is 10.0. The molecule has 2 rings (SSSR count). The fourth-order valence-corrected chi connectivity index (χ4v) is 3.40. The van der Waals surface area contributed by atoms with E-state index in [0.717, 1.165) is 32.1 Å². The monoisotopic (exact) mass is 310 g/mol. The van der Waals surface area contributed by atoms with Crippen molar-refractivity contribution in [3.05, 3.63) is 0 Å². The molecule has 0 aromatic carbocycles. The van der Waals surface area contributed by atoms with Crippen molar-refractivity contribution in [2.24, 2.45) is 4.99 Å². The lowest BCUT2D eigenvalue weighted by Crippen LogP contribution is -2.50. The number of rotatable bonds is 7. The summed E-state index contributed by atoms with van der Waals surface area (Å²) in [5.41, 5.74) is 0. The Balaban J connectivity index is 1.70. The first-order valence-electron chi connectivity index (χ1n) is 9.13. The Morgan fingerprint density at radius 3 is 2.77 bits per heavy atom. The van der Waals surface area contributed by atoms with Crippen LogP contribution in [-0.4, -0.2) is 62.8 Å². The summed E-state index contributed by atoms with van der Waals surface area (Å²) < 4.78 is 5.65. The highest BCUT2D eigenvalue weighted by Gasteiger charge is 2.22. The van der Waals surface area contributed by atoms with Gasteiger partial charge in [-0.15, -0.1) is 0 Å². The van der Waals surface area contributed by atoms with E-state index in [1.165, 1.54) is 51.6 Å². The molecule has 2 atom stereocenters. The molecule has 2 heterocycles. The number of aliphatic imine (C=N–C) groups is 1. The second-order valence-electron chi connectivity index (χ2n) is 6.51. The van der Waals surface area contributed by atoms with Gasteiger partial charge in [-0.3, -0.25) is 9.89 Å². The molecular weight excluding hydrogens is 276 g/mol. The topological polar surface area (TPSA) is 48.9 Å². The van der Waals surface area contributed by atoms with Gasteiger partial charge in [-0.2, -0.15) is 0 Å². The molecule has 2 fully saturated rings. The molecule has 0 spiro atoms. The van der Waals surface area contributed by atoms with Gasteiger partial charge in [0.2, 0.25) is 0 Å². The zero-order valence-corrected chi connectivity index (χ0v) is 14.4. The summed E-state index contributed by atoms with van der Waals surface area (Å²) in [5.74, 6) is 0.913. The lowest BCUT2D eigenvalue weighted by Gasteiger charge is -2.36. The van der Waals surface area contributed by atoms with Gasteiger partial charge in [-0.25, -0.2) is 0 Å². The van der Waals surface area contributed by atoms with Crippen molar-refractivity contribution in [3.8, 4) is 0 Å². The molecule has 2 N–H and O–H groups in total. The average molecular weight is 310 g/mol. The van der Waals surface area contributed by atoms with Gasteiger partial charge in [0.15, 0.2) is 5.96 Å². The van der Waals surface area contributed by atoms with Crippen molar-refractivity contribution in [2.75, 3.05) is 39.8 Å². The third-order valence-electron chi connectivity index (χ3n) is 4.80. The first-order chi connectivity index (χ1) is 10.8. The normalized spacial score (nSPS) is 27.1. The number of ether oxygens (including phenoxy) is 1. The molecule has 0 radical (unpaired) electrons. The zero-order valence-electron chi connectivity index (χ0n) is 14.4. The Kier molecular flexibility index (Phi) is 8.02. The Morgan fingerprint density at radius 2 is 2.05 bits per heavy atom. The van der Waals surface area contributed by atoms with E-state index < -0.39 is 0 Å². The van der Waals surface area contributed by atoms with E-state index in [1.807, 2.05) is 7.05 Å². The largest absolute Gasteiger partial charge is 0.376 e. The fourth-order valence-electron chi connectivity index (χ4n) is 3.40. The van der Waals surface area contributed by atoms with Crippen molar-refractivity contribution >= 4 is 5.96 Å². The smallest absolute Gasteiger partial charge is 0.191 e. The maximum atomic E-state index is 5.65. The summed E-state index contributed by atoms with van der Waals surface area (Å²) >= 11 is 0. The lowest BCUT2D eigenvalue weighted by molar-refractivity contribution is 0.113. The fraction of sp³-hybridized carbons (Fsp3) is 0.941. The van der Waals surface area contributed by atoms with Crippen LogP contribution in [0.1, 0.15) is 51.9 Å². The van der Waals surface area contributed by atoms with Crippen LogP contribution >= 0.6 is 0 Å². The van der Waals surface area contributed by atoms with Gasteiger partial charge in [0.25, 0.3) is 0 Å². The van der Waals surface area contributed by atoms with E-state index in [-0.39, 0.29) is 0 Å². The van der Waals surface area contributed by atoms with E-state index in [4.69, 9.17) is 4.74 Å². The van der Waals surface area contributed by atoms with Crippen molar-refractivity contribution in [2.45, 2.75) is 64.0 Å². The predicted octanol–water partition coefficient (Wildman–Crippen LogP) is 1.99.